The van der Waals surface area contributed by atoms with Crippen LogP contribution < -0.4 is 19.6 Å². The second-order valence-corrected chi connectivity index (χ2v) is 7.68. The van der Waals surface area contributed by atoms with Crippen molar-refractivity contribution in [2.45, 2.75) is 30.7 Å². The Labute approximate surface area is 192 Å². The van der Waals surface area contributed by atoms with Crippen molar-refractivity contribution < 1.29 is 48.9 Å². The van der Waals surface area contributed by atoms with E-state index >= 15 is 0 Å². The Hall–Kier alpha value is -3.35. The Morgan fingerprint density at radius 2 is 1.68 bits per heavy atom. The Kier molecular flexibility index (Phi) is 6.64. The molecule has 5 N–H and O–H groups in total. The van der Waals surface area contributed by atoms with Crippen molar-refractivity contribution in [2.75, 3.05) is 20.8 Å². The summed E-state index contributed by atoms with van der Waals surface area (Å²) in [5, 5.41) is 49.5. The number of methoxy groups -OCH3 is 2. The fourth-order valence-corrected chi connectivity index (χ4v) is 3.73. The molecule has 11 heteroatoms. The third kappa shape index (κ3) is 4.27. The molecule has 3 aromatic rings. The van der Waals surface area contributed by atoms with Crippen LogP contribution in [0.3, 0.4) is 0 Å². The SMILES string of the molecule is COc1cc(-c2cc(=O)c3c(OC)cc(O[C@@H]4OC(CO)[C@@H](O)[C@H](O)C4O)cc3o2)ccc1O. The van der Waals surface area contributed by atoms with Crippen LogP contribution in [0.4, 0.5) is 0 Å². The second-order valence-electron chi connectivity index (χ2n) is 7.68. The van der Waals surface area contributed by atoms with E-state index in [1.54, 1.807) is 6.07 Å². The molecule has 34 heavy (non-hydrogen) atoms. The van der Waals surface area contributed by atoms with Gasteiger partial charge >= 0.3 is 0 Å². The lowest BCUT2D eigenvalue weighted by atomic mass is 9.99. The van der Waals surface area contributed by atoms with E-state index in [1.165, 1.54) is 44.6 Å². The summed E-state index contributed by atoms with van der Waals surface area (Å²) in [5.41, 5.74) is 0.154. The summed E-state index contributed by atoms with van der Waals surface area (Å²) < 4.78 is 27.4. The lowest BCUT2D eigenvalue weighted by molar-refractivity contribution is -0.277. The third-order valence-corrected chi connectivity index (χ3v) is 5.55. The van der Waals surface area contributed by atoms with Crippen molar-refractivity contribution in [3.05, 3.63) is 46.6 Å². The molecule has 1 saturated heterocycles. The first-order valence-corrected chi connectivity index (χ1v) is 10.3. The van der Waals surface area contributed by atoms with Gasteiger partial charge in [-0.2, -0.15) is 0 Å². The fraction of sp³-hybridized carbons (Fsp3) is 0.348. The minimum atomic E-state index is -1.62. The van der Waals surface area contributed by atoms with Gasteiger partial charge in [0.15, 0.2) is 16.9 Å². The number of aromatic hydroxyl groups is 1. The highest BCUT2D eigenvalue weighted by atomic mass is 16.7. The Morgan fingerprint density at radius 3 is 2.35 bits per heavy atom. The first-order valence-electron chi connectivity index (χ1n) is 10.3. The lowest BCUT2D eigenvalue weighted by Crippen LogP contribution is -2.60. The van der Waals surface area contributed by atoms with Gasteiger partial charge in [-0.15, -0.1) is 0 Å². The van der Waals surface area contributed by atoms with Gasteiger partial charge in [0.25, 0.3) is 0 Å². The predicted molar refractivity (Wildman–Crippen MR) is 117 cm³/mol. The molecule has 11 nitrogen and oxygen atoms in total. The lowest BCUT2D eigenvalue weighted by Gasteiger charge is -2.39. The summed E-state index contributed by atoms with van der Waals surface area (Å²) in [5.74, 6) is 0.490. The summed E-state index contributed by atoms with van der Waals surface area (Å²) >= 11 is 0. The van der Waals surface area contributed by atoms with Crippen molar-refractivity contribution in [1.29, 1.82) is 0 Å². The second kappa shape index (κ2) is 9.49. The van der Waals surface area contributed by atoms with Gasteiger partial charge < -0.3 is 48.9 Å². The standard InChI is InChI=1S/C23H24O11/c1-30-15-5-10(3-4-12(15)25)14-8-13(26)19-16(31-2)6-11(7-17(19)33-14)32-23-22(29)21(28)20(27)18(9-24)34-23/h3-8,18,20-25,27-29H,9H2,1-2H3/t18?,20-,21+,22?,23-/m1/s1. The van der Waals surface area contributed by atoms with Crippen molar-refractivity contribution in [3.63, 3.8) is 0 Å². The van der Waals surface area contributed by atoms with Gasteiger partial charge in [-0.1, -0.05) is 0 Å². The number of benzene rings is 2. The van der Waals surface area contributed by atoms with E-state index in [1.807, 2.05) is 0 Å². The normalized spacial score (nSPS) is 24.7. The minimum absolute atomic E-state index is 0.0669. The zero-order valence-corrected chi connectivity index (χ0v) is 18.2. The molecule has 0 aliphatic carbocycles. The van der Waals surface area contributed by atoms with Gasteiger partial charge in [0.05, 0.1) is 20.8 Å². The molecule has 0 radical (unpaired) electrons. The van der Waals surface area contributed by atoms with Crippen molar-refractivity contribution >= 4 is 11.0 Å². The van der Waals surface area contributed by atoms with Crippen LogP contribution >= 0.6 is 0 Å². The number of aliphatic hydroxyl groups excluding tert-OH is 4. The van der Waals surface area contributed by atoms with Crippen LogP contribution in [0, 0.1) is 0 Å². The molecule has 4 rings (SSSR count). The van der Waals surface area contributed by atoms with Crippen LogP contribution in [0.1, 0.15) is 0 Å². The molecule has 1 aliphatic rings. The van der Waals surface area contributed by atoms with Crippen LogP contribution in [-0.4, -0.2) is 77.1 Å². The van der Waals surface area contributed by atoms with Crippen molar-refractivity contribution in [1.82, 2.24) is 0 Å². The van der Waals surface area contributed by atoms with E-state index in [-0.39, 0.29) is 39.7 Å². The van der Waals surface area contributed by atoms with E-state index in [2.05, 4.69) is 0 Å². The maximum atomic E-state index is 12.9. The van der Waals surface area contributed by atoms with E-state index in [0.717, 1.165) is 0 Å². The van der Waals surface area contributed by atoms with Gasteiger partial charge in [-0.25, -0.2) is 0 Å². The van der Waals surface area contributed by atoms with Gasteiger partial charge in [-0.3, -0.25) is 4.79 Å². The highest BCUT2D eigenvalue weighted by Crippen LogP contribution is 2.35. The van der Waals surface area contributed by atoms with Crippen molar-refractivity contribution in [3.8, 4) is 34.3 Å². The summed E-state index contributed by atoms with van der Waals surface area (Å²) in [7, 11) is 2.74. The highest BCUT2D eigenvalue weighted by Gasteiger charge is 2.44. The molecule has 5 atom stereocenters. The Balaban J connectivity index is 1.75. The van der Waals surface area contributed by atoms with E-state index < -0.39 is 42.7 Å². The number of aliphatic hydroxyl groups is 4. The molecule has 0 spiro atoms. The number of phenols is 1. The highest BCUT2D eigenvalue weighted by molar-refractivity contribution is 5.86. The molecular weight excluding hydrogens is 452 g/mol. The van der Waals surface area contributed by atoms with Gasteiger partial charge in [0, 0.05) is 23.8 Å². The van der Waals surface area contributed by atoms with E-state index in [0.29, 0.717) is 5.56 Å². The largest absolute Gasteiger partial charge is 0.504 e. The van der Waals surface area contributed by atoms with Crippen LogP contribution in [-0.2, 0) is 4.74 Å². The maximum Gasteiger partial charge on any atom is 0.229 e. The zero-order chi connectivity index (χ0) is 24.6. The van der Waals surface area contributed by atoms with Gasteiger partial charge in [0.1, 0.15) is 52.6 Å². The zero-order valence-electron chi connectivity index (χ0n) is 18.2. The van der Waals surface area contributed by atoms with Crippen molar-refractivity contribution in [2.24, 2.45) is 0 Å². The quantitative estimate of drug-likeness (QED) is 0.333. The average molecular weight is 476 g/mol. The monoisotopic (exact) mass is 476 g/mol. The number of ether oxygens (including phenoxy) is 4. The fourth-order valence-electron chi connectivity index (χ4n) is 3.73. The van der Waals surface area contributed by atoms with Gasteiger partial charge in [0.2, 0.25) is 6.29 Å². The average Bonchev–Trinajstić information content (AvgIpc) is 2.83. The molecule has 1 fully saturated rings. The van der Waals surface area contributed by atoms with Gasteiger partial charge in [-0.05, 0) is 18.2 Å². The first kappa shape index (κ1) is 23.8. The molecular formula is C23H24O11. The number of hydrogen-bond acceptors (Lipinski definition) is 11. The Bertz CT molecular complexity index is 1240. The molecule has 1 aliphatic heterocycles. The minimum Gasteiger partial charge on any atom is -0.504 e. The maximum absolute atomic E-state index is 12.9. The summed E-state index contributed by atoms with van der Waals surface area (Å²) in [6, 6.07) is 8.48. The van der Waals surface area contributed by atoms with Crippen LogP contribution in [0.25, 0.3) is 22.3 Å². The summed E-state index contributed by atoms with van der Waals surface area (Å²) in [6.07, 6.45) is -7.36. The first-order chi connectivity index (χ1) is 16.3. The van der Waals surface area contributed by atoms with E-state index in [9.17, 15) is 30.3 Å². The van der Waals surface area contributed by atoms with Crippen LogP contribution in [0.5, 0.6) is 23.0 Å². The predicted octanol–water partition coefficient (Wildman–Crippen LogP) is 0.361. The Morgan fingerprint density at radius 1 is 0.941 bits per heavy atom. The summed E-state index contributed by atoms with van der Waals surface area (Å²) in [4.78, 5) is 12.9. The number of fused-ring (bicyclic) bond motifs is 1. The molecule has 2 heterocycles. The third-order valence-electron chi connectivity index (χ3n) is 5.55. The smallest absolute Gasteiger partial charge is 0.229 e. The summed E-state index contributed by atoms with van der Waals surface area (Å²) in [6.45, 7) is -0.611. The van der Waals surface area contributed by atoms with E-state index in [4.69, 9.17) is 23.4 Å². The number of phenolic OH excluding ortho intramolecular Hbond substituents is 1. The number of rotatable bonds is 6. The van der Waals surface area contributed by atoms with Crippen LogP contribution in [0.15, 0.2) is 45.6 Å². The molecule has 2 unspecified atom stereocenters. The molecule has 0 bridgehead atoms. The molecule has 1 aromatic heterocycles. The topological polar surface area (TPSA) is 168 Å². The van der Waals surface area contributed by atoms with Crippen LogP contribution in [0.2, 0.25) is 0 Å². The molecule has 182 valence electrons. The molecule has 2 aromatic carbocycles. The molecule has 0 saturated carbocycles. The number of hydrogen-bond donors (Lipinski definition) is 5. The molecule has 0 amide bonds.